The topological polar surface area (TPSA) is 61.6 Å². The number of rotatable bonds is 5. The van der Waals surface area contributed by atoms with Gasteiger partial charge in [-0.2, -0.15) is 0 Å². The molecular weight excluding hydrogens is 316 g/mol. The van der Waals surface area contributed by atoms with Crippen LogP contribution < -0.4 is 10.2 Å². The highest BCUT2D eigenvalue weighted by Crippen LogP contribution is 2.28. The lowest BCUT2D eigenvalue weighted by Crippen LogP contribution is -2.47. The predicted octanol–water partition coefficient (Wildman–Crippen LogP) is 2.50. The molecule has 6 nitrogen and oxygen atoms in total. The van der Waals surface area contributed by atoms with Gasteiger partial charge in [0.1, 0.15) is 5.69 Å². The maximum atomic E-state index is 12.6. The Bertz CT molecular complexity index is 756. The molecule has 2 aromatic rings. The van der Waals surface area contributed by atoms with E-state index in [0.29, 0.717) is 5.69 Å². The Hall–Kier alpha value is -2.08. The van der Waals surface area contributed by atoms with Crippen LogP contribution in [0.3, 0.4) is 0 Å². The molecule has 1 unspecified atom stereocenters. The van der Waals surface area contributed by atoms with Crippen molar-refractivity contribution in [3.63, 3.8) is 0 Å². The van der Waals surface area contributed by atoms with Gasteiger partial charge in [-0.3, -0.25) is 4.79 Å². The molecule has 2 aliphatic rings. The van der Waals surface area contributed by atoms with Crippen molar-refractivity contribution < 1.29 is 9.21 Å². The minimum absolute atomic E-state index is 0.0833. The van der Waals surface area contributed by atoms with Crippen molar-refractivity contribution in [1.29, 1.82) is 0 Å². The summed E-state index contributed by atoms with van der Waals surface area (Å²) in [6, 6.07) is 4.06. The highest BCUT2D eigenvalue weighted by molar-refractivity contribution is 5.96. The lowest BCUT2D eigenvalue weighted by Gasteiger charge is -2.30. The Morgan fingerprint density at radius 3 is 2.96 bits per heavy atom. The number of aromatic nitrogens is 1. The summed E-state index contributed by atoms with van der Waals surface area (Å²) in [5.74, 6) is 1.48. The summed E-state index contributed by atoms with van der Waals surface area (Å²) in [6.07, 6.45) is 4.01. The molecule has 0 aromatic carbocycles. The molecule has 0 aliphatic carbocycles. The second-order valence-corrected chi connectivity index (χ2v) is 7.18. The van der Waals surface area contributed by atoms with Gasteiger partial charge >= 0.3 is 0 Å². The largest absolute Gasteiger partial charge is 0.439 e. The summed E-state index contributed by atoms with van der Waals surface area (Å²) >= 11 is 0. The van der Waals surface area contributed by atoms with Gasteiger partial charge in [0.2, 0.25) is 0 Å². The van der Waals surface area contributed by atoms with Crippen LogP contribution in [0, 0.1) is 5.92 Å². The molecule has 2 aliphatic heterocycles. The molecule has 0 radical (unpaired) electrons. The maximum Gasteiger partial charge on any atom is 0.270 e. The van der Waals surface area contributed by atoms with E-state index in [-0.39, 0.29) is 11.9 Å². The molecule has 0 spiro atoms. The molecule has 3 atom stereocenters. The number of hydrogen-bond donors (Lipinski definition) is 1. The average molecular weight is 342 g/mol. The van der Waals surface area contributed by atoms with E-state index in [1.807, 2.05) is 12.1 Å². The first-order valence-electron chi connectivity index (χ1n) is 9.34. The zero-order chi connectivity index (χ0) is 17.4. The van der Waals surface area contributed by atoms with E-state index in [0.717, 1.165) is 48.8 Å². The van der Waals surface area contributed by atoms with Crippen molar-refractivity contribution in [1.82, 2.24) is 15.2 Å². The lowest BCUT2D eigenvalue weighted by molar-refractivity contribution is 0.0904. The molecule has 0 saturated carbocycles. The van der Waals surface area contributed by atoms with Gasteiger partial charge in [0.05, 0.1) is 6.20 Å². The number of nitrogens with zero attached hydrogens (tertiary/aromatic N) is 3. The van der Waals surface area contributed by atoms with Crippen LogP contribution in [-0.4, -0.2) is 54.6 Å². The van der Waals surface area contributed by atoms with Gasteiger partial charge in [-0.05, 0) is 45.2 Å². The fourth-order valence-electron chi connectivity index (χ4n) is 4.17. The first-order valence-corrected chi connectivity index (χ1v) is 9.34. The molecule has 2 aromatic heterocycles. The van der Waals surface area contributed by atoms with Crippen molar-refractivity contribution in [2.75, 3.05) is 37.6 Å². The number of carbonyl (C=O) groups is 1. The Kier molecular flexibility index (Phi) is 4.37. The maximum absolute atomic E-state index is 12.6. The quantitative estimate of drug-likeness (QED) is 0.905. The molecule has 134 valence electrons. The minimum atomic E-state index is -0.0833. The number of piperidine rings is 1. The highest BCUT2D eigenvalue weighted by Gasteiger charge is 2.33. The Balaban J connectivity index is 1.49. The van der Waals surface area contributed by atoms with Gasteiger partial charge in [-0.15, -0.1) is 0 Å². The van der Waals surface area contributed by atoms with Crippen molar-refractivity contribution in [2.24, 2.45) is 5.92 Å². The third-order valence-corrected chi connectivity index (χ3v) is 5.50. The standard InChI is InChI=1S/C19H26N4O2/c1-3-23(4-2)18-9-14-8-16(20-10-17(14)25-18)19(24)21-15-7-13-5-6-22(11-13)12-15/h8-10,13,15H,3-7,11-12H2,1-2H3,(H,21,24)/t13-,15-/m1/s1. The zero-order valence-corrected chi connectivity index (χ0v) is 15.0. The number of pyridine rings is 1. The number of anilines is 1. The number of carbonyl (C=O) groups excluding carboxylic acids is 1. The summed E-state index contributed by atoms with van der Waals surface area (Å²) in [5.41, 5.74) is 1.19. The van der Waals surface area contributed by atoms with E-state index in [9.17, 15) is 4.79 Å². The number of nitrogens with one attached hydrogen (secondary N) is 1. The van der Waals surface area contributed by atoms with E-state index in [2.05, 4.69) is 33.9 Å². The van der Waals surface area contributed by atoms with Gasteiger partial charge in [0.15, 0.2) is 11.5 Å². The SMILES string of the molecule is CCN(CC)c1cc2cc(C(=O)N[C@@H]3C[C@H]4CCN(C4)C3)ncc2o1. The van der Waals surface area contributed by atoms with Crippen molar-refractivity contribution in [2.45, 2.75) is 32.7 Å². The van der Waals surface area contributed by atoms with Crippen LogP contribution in [0.1, 0.15) is 37.2 Å². The van der Waals surface area contributed by atoms with E-state index in [4.69, 9.17) is 4.42 Å². The monoisotopic (exact) mass is 342 g/mol. The number of fused-ring (bicyclic) bond motifs is 3. The van der Waals surface area contributed by atoms with Crippen LogP contribution >= 0.6 is 0 Å². The van der Waals surface area contributed by atoms with Crippen LogP contribution in [0.5, 0.6) is 0 Å². The summed E-state index contributed by atoms with van der Waals surface area (Å²) in [7, 11) is 0. The molecule has 4 heterocycles. The normalized spacial score (nSPS) is 25.3. The summed E-state index contributed by atoms with van der Waals surface area (Å²) < 4.78 is 5.86. The van der Waals surface area contributed by atoms with Crippen LogP contribution in [0.25, 0.3) is 11.0 Å². The van der Waals surface area contributed by atoms with Crippen molar-refractivity contribution >= 4 is 22.8 Å². The predicted molar refractivity (Wildman–Crippen MR) is 98.0 cm³/mol. The second kappa shape index (κ2) is 6.67. The molecule has 2 fully saturated rings. The first-order chi connectivity index (χ1) is 12.2. The van der Waals surface area contributed by atoms with Gasteiger partial charge < -0.3 is 19.5 Å². The molecular formula is C19H26N4O2. The Morgan fingerprint density at radius 2 is 2.20 bits per heavy atom. The van der Waals surface area contributed by atoms with E-state index >= 15 is 0 Å². The average Bonchev–Trinajstić information content (AvgIpc) is 3.18. The molecule has 2 saturated heterocycles. The van der Waals surface area contributed by atoms with E-state index in [1.165, 1.54) is 19.5 Å². The fraction of sp³-hybridized carbons (Fsp3) is 0.579. The van der Waals surface area contributed by atoms with Crippen LogP contribution in [-0.2, 0) is 0 Å². The third kappa shape index (κ3) is 3.23. The first kappa shape index (κ1) is 16.4. The molecule has 6 heteroatoms. The summed E-state index contributed by atoms with van der Waals surface area (Å²) in [4.78, 5) is 21.5. The molecule has 1 amide bonds. The zero-order valence-electron chi connectivity index (χ0n) is 15.0. The smallest absolute Gasteiger partial charge is 0.270 e. The van der Waals surface area contributed by atoms with Gasteiger partial charge in [-0.25, -0.2) is 4.98 Å². The number of amides is 1. The van der Waals surface area contributed by atoms with Crippen LogP contribution in [0.4, 0.5) is 5.88 Å². The van der Waals surface area contributed by atoms with Crippen LogP contribution in [0.2, 0.25) is 0 Å². The Labute approximate surface area is 148 Å². The fourth-order valence-corrected chi connectivity index (χ4v) is 4.17. The highest BCUT2D eigenvalue weighted by atomic mass is 16.4. The van der Waals surface area contributed by atoms with Crippen molar-refractivity contribution in [3.05, 3.63) is 24.0 Å². The third-order valence-electron chi connectivity index (χ3n) is 5.50. The van der Waals surface area contributed by atoms with Crippen LogP contribution in [0.15, 0.2) is 22.7 Å². The van der Waals surface area contributed by atoms with Crippen molar-refractivity contribution in [3.8, 4) is 0 Å². The van der Waals surface area contributed by atoms with Gasteiger partial charge in [0, 0.05) is 43.7 Å². The molecule has 1 N–H and O–H groups in total. The van der Waals surface area contributed by atoms with E-state index in [1.54, 1.807) is 6.20 Å². The number of hydrogen-bond acceptors (Lipinski definition) is 5. The minimum Gasteiger partial charge on any atom is -0.439 e. The summed E-state index contributed by atoms with van der Waals surface area (Å²) in [5, 5.41) is 4.09. The molecule has 4 rings (SSSR count). The van der Waals surface area contributed by atoms with Gasteiger partial charge in [-0.1, -0.05) is 0 Å². The second-order valence-electron chi connectivity index (χ2n) is 7.18. The Morgan fingerprint density at radius 1 is 1.36 bits per heavy atom. The lowest BCUT2D eigenvalue weighted by atomic mass is 9.97. The van der Waals surface area contributed by atoms with E-state index < -0.39 is 0 Å². The summed E-state index contributed by atoms with van der Waals surface area (Å²) in [6.45, 7) is 9.29. The molecule has 2 bridgehead atoms. The molecule has 25 heavy (non-hydrogen) atoms. The van der Waals surface area contributed by atoms with Gasteiger partial charge in [0.25, 0.3) is 5.91 Å². The number of furan rings is 1.